The number of methoxy groups -OCH3 is 1. The number of amidine groups is 1. The number of nitrogens with two attached hydrogens (primary N) is 1. The van der Waals surface area contributed by atoms with Crippen LogP contribution in [0.4, 0.5) is 0 Å². The maximum absolute atomic E-state index is 8.69. The summed E-state index contributed by atoms with van der Waals surface area (Å²) in [6, 6.07) is 3.78. The van der Waals surface area contributed by atoms with Crippen LogP contribution < -0.4 is 5.73 Å². The van der Waals surface area contributed by atoms with Gasteiger partial charge in [0.1, 0.15) is 5.69 Å². The van der Waals surface area contributed by atoms with E-state index in [2.05, 4.69) is 28.9 Å². The summed E-state index contributed by atoms with van der Waals surface area (Å²) in [6.07, 6.45) is 1.67. The van der Waals surface area contributed by atoms with Crippen LogP contribution in [0.5, 0.6) is 0 Å². The van der Waals surface area contributed by atoms with Crippen molar-refractivity contribution in [2.45, 2.75) is 20.4 Å². The lowest BCUT2D eigenvalue weighted by Gasteiger charge is -2.24. The molecule has 0 saturated heterocycles. The van der Waals surface area contributed by atoms with Crippen LogP contribution in [0.1, 0.15) is 25.1 Å². The van der Waals surface area contributed by atoms with Crippen molar-refractivity contribution in [1.82, 2.24) is 9.88 Å². The molecule has 6 nitrogen and oxygen atoms in total. The number of aromatic nitrogens is 1. The number of ether oxygens (including phenoxy) is 1. The van der Waals surface area contributed by atoms with E-state index in [-0.39, 0.29) is 5.84 Å². The highest BCUT2D eigenvalue weighted by Crippen LogP contribution is 2.08. The zero-order valence-corrected chi connectivity index (χ0v) is 12.4. The molecule has 0 spiro atoms. The van der Waals surface area contributed by atoms with Gasteiger partial charge in [-0.05, 0) is 23.6 Å². The van der Waals surface area contributed by atoms with Crippen molar-refractivity contribution in [2.75, 3.05) is 26.8 Å². The normalized spacial score (nSPS) is 12.3. The number of pyridine rings is 1. The van der Waals surface area contributed by atoms with Gasteiger partial charge in [0, 0.05) is 32.9 Å². The molecule has 0 amide bonds. The summed E-state index contributed by atoms with van der Waals surface area (Å²) in [5.74, 6) is 0.608. The third-order valence-electron chi connectivity index (χ3n) is 2.84. The number of rotatable bonds is 8. The van der Waals surface area contributed by atoms with Crippen molar-refractivity contribution in [3.05, 3.63) is 29.6 Å². The minimum absolute atomic E-state index is 0.0270. The molecule has 112 valence electrons. The first-order valence-electron chi connectivity index (χ1n) is 6.71. The molecule has 1 heterocycles. The van der Waals surface area contributed by atoms with E-state index in [1.807, 2.05) is 12.1 Å². The van der Waals surface area contributed by atoms with Crippen LogP contribution in [0.15, 0.2) is 23.5 Å². The molecule has 6 heteroatoms. The molecule has 0 aromatic carbocycles. The summed E-state index contributed by atoms with van der Waals surface area (Å²) >= 11 is 0. The monoisotopic (exact) mass is 280 g/mol. The fraction of sp³-hybridized carbons (Fsp3) is 0.571. The lowest BCUT2D eigenvalue weighted by atomic mass is 10.1. The highest BCUT2D eigenvalue weighted by Gasteiger charge is 2.09. The Hall–Kier alpha value is -1.66. The highest BCUT2D eigenvalue weighted by molar-refractivity contribution is 5.95. The number of oxime groups is 1. The van der Waals surface area contributed by atoms with Gasteiger partial charge in [0.05, 0.1) is 6.61 Å². The molecule has 0 fully saturated rings. The maximum Gasteiger partial charge on any atom is 0.188 e. The van der Waals surface area contributed by atoms with Crippen molar-refractivity contribution in [3.8, 4) is 0 Å². The first kappa shape index (κ1) is 16.4. The Labute approximate surface area is 120 Å². The van der Waals surface area contributed by atoms with Gasteiger partial charge in [0.15, 0.2) is 5.84 Å². The molecule has 0 aliphatic rings. The summed E-state index contributed by atoms with van der Waals surface area (Å²) in [6.45, 7) is 7.73. The van der Waals surface area contributed by atoms with Crippen molar-refractivity contribution < 1.29 is 9.94 Å². The molecule has 1 aromatic heterocycles. The summed E-state index contributed by atoms with van der Waals surface area (Å²) < 4.78 is 5.14. The SMILES string of the molecule is COCCN(Cc1ccnc(C(N)=NO)c1)CC(C)C. The van der Waals surface area contributed by atoms with Crippen LogP contribution in [-0.4, -0.2) is 47.7 Å². The molecule has 0 bridgehead atoms. The summed E-state index contributed by atoms with van der Waals surface area (Å²) in [7, 11) is 1.70. The van der Waals surface area contributed by atoms with E-state index < -0.39 is 0 Å². The van der Waals surface area contributed by atoms with Crippen molar-refractivity contribution >= 4 is 5.84 Å². The molecule has 0 saturated carbocycles. The second-order valence-electron chi connectivity index (χ2n) is 5.16. The predicted molar refractivity (Wildman–Crippen MR) is 78.7 cm³/mol. The van der Waals surface area contributed by atoms with Crippen molar-refractivity contribution in [1.29, 1.82) is 0 Å². The van der Waals surface area contributed by atoms with Crippen molar-refractivity contribution in [3.63, 3.8) is 0 Å². The Bertz CT molecular complexity index is 435. The summed E-state index contributed by atoms with van der Waals surface area (Å²) in [4.78, 5) is 6.40. The quantitative estimate of drug-likeness (QED) is 0.324. The first-order valence-corrected chi connectivity index (χ1v) is 6.71. The van der Waals surface area contributed by atoms with Crippen LogP contribution in [0.25, 0.3) is 0 Å². The molecule has 20 heavy (non-hydrogen) atoms. The van der Waals surface area contributed by atoms with Crippen molar-refractivity contribution in [2.24, 2.45) is 16.8 Å². The minimum atomic E-state index is 0.0270. The van der Waals surface area contributed by atoms with Crippen LogP contribution in [-0.2, 0) is 11.3 Å². The molecule has 3 N–H and O–H groups in total. The topological polar surface area (TPSA) is 84.0 Å². The van der Waals surface area contributed by atoms with E-state index in [9.17, 15) is 0 Å². The Balaban J connectivity index is 2.76. The maximum atomic E-state index is 8.69. The molecule has 0 unspecified atom stereocenters. The third kappa shape index (κ3) is 5.54. The minimum Gasteiger partial charge on any atom is -0.409 e. The molecular formula is C14H24N4O2. The second kappa shape index (κ2) is 8.50. The third-order valence-corrected chi connectivity index (χ3v) is 2.84. The van der Waals surface area contributed by atoms with E-state index >= 15 is 0 Å². The van der Waals surface area contributed by atoms with Crippen LogP contribution in [0.2, 0.25) is 0 Å². The van der Waals surface area contributed by atoms with Gasteiger partial charge < -0.3 is 15.7 Å². The van der Waals surface area contributed by atoms with Crippen LogP contribution >= 0.6 is 0 Å². The Morgan fingerprint density at radius 2 is 2.30 bits per heavy atom. The van der Waals surface area contributed by atoms with E-state index in [0.29, 0.717) is 18.2 Å². The average molecular weight is 280 g/mol. The summed E-state index contributed by atoms with van der Waals surface area (Å²) in [5.41, 5.74) is 7.13. The number of nitrogens with zero attached hydrogens (tertiary/aromatic N) is 3. The van der Waals surface area contributed by atoms with Gasteiger partial charge in [0.25, 0.3) is 0 Å². The molecule has 1 aromatic rings. The van der Waals surface area contributed by atoms with E-state index in [0.717, 1.165) is 25.2 Å². The fourth-order valence-electron chi connectivity index (χ4n) is 1.99. The molecule has 0 aliphatic carbocycles. The van der Waals surface area contributed by atoms with E-state index in [4.69, 9.17) is 15.7 Å². The highest BCUT2D eigenvalue weighted by atomic mass is 16.5. The van der Waals surface area contributed by atoms with Gasteiger partial charge in [-0.1, -0.05) is 19.0 Å². The fourth-order valence-corrected chi connectivity index (χ4v) is 1.99. The van der Waals surface area contributed by atoms with Crippen LogP contribution in [0, 0.1) is 5.92 Å². The van der Waals surface area contributed by atoms with Gasteiger partial charge in [0.2, 0.25) is 0 Å². The predicted octanol–water partition coefficient (Wildman–Crippen LogP) is 1.28. The second-order valence-corrected chi connectivity index (χ2v) is 5.16. The van der Waals surface area contributed by atoms with Gasteiger partial charge >= 0.3 is 0 Å². The molecule has 1 rings (SSSR count). The Kier molecular flexibility index (Phi) is 6.97. The zero-order valence-electron chi connectivity index (χ0n) is 12.4. The van der Waals surface area contributed by atoms with Crippen LogP contribution in [0.3, 0.4) is 0 Å². The Morgan fingerprint density at radius 1 is 1.55 bits per heavy atom. The summed E-state index contributed by atoms with van der Waals surface area (Å²) in [5, 5.41) is 11.7. The largest absolute Gasteiger partial charge is 0.409 e. The lowest BCUT2D eigenvalue weighted by molar-refractivity contribution is 0.136. The van der Waals surface area contributed by atoms with E-state index in [1.165, 1.54) is 0 Å². The van der Waals surface area contributed by atoms with E-state index in [1.54, 1.807) is 13.3 Å². The lowest BCUT2D eigenvalue weighted by Crippen LogP contribution is -2.30. The van der Waals surface area contributed by atoms with Gasteiger partial charge in [-0.25, -0.2) is 0 Å². The standard InChI is InChI=1S/C14H24N4O2/c1-11(2)9-18(6-7-20-3)10-12-4-5-16-13(8-12)14(15)17-19/h4-5,8,11,19H,6-7,9-10H2,1-3H3,(H2,15,17). The average Bonchev–Trinajstić information content (AvgIpc) is 2.43. The molecule has 0 aliphatic heterocycles. The number of hydrogen-bond donors (Lipinski definition) is 2. The first-order chi connectivity index (χ1) is 9.56. The van der Waals surface area contributed by atoms with Gasteiger partial charge in [-0.15, -0.1) is 0 Å². The molecular weight excluding hydrogens is 256 g/mol. The smallest absolute Gasteiger partial charge is 0.188 e. The zero-order chi connectivity index (χ0) is 15.0. The van der Waals surface area contributed by atoms with Gasteiger partial charge in [-0.3, -0.25) is 9.88 Å². The molecule has 0 atom stereocenters. The van der Waals surface area contributed by atoms with Gasteiger partial charge in [-0.2, -0.15) is 0 Å². The molecule has 0 radical (unpaired) electrons. The Morgan fingerprint density at radius 3 is 2.90 bits per heavy atom. The number of hydrogen-bond acceptors (Lipinski definition) is 5.